The van der Waals surface area contributed by atoms with E-state index in [0.717, 1.165) is 12.8 Å². The van der Waals surface area contributed by atoms with Gasteiger partial charge in [0.2, 0.25) is 0 Å². The maximum Gasteiger partial charge on any atom is 0.336 e. The SMILES string of the molecule is CCCCc1cccc(C(=O)O)c1C(=O)O.[Cu]. The Balaban J connectivity index is 0.00000256. The molecule has 1 radical (unpaired) electrons. The Kier molecular flexibility index (Phi) is 6.54. The molecule has 0 spiro atoms. The van der Waals surface area contributed by atoms with Crippen molar-refractivity contribution in [1.82, 2.24) is 0 Å². The second-order valence-corrected chi connectivity index (χ2v) is 3.55. The molecule has 0 heterocycles. The number of carbonyl (C=O) groups is 2. The molecule has 0 fully saturated rings. The Morgan fingerprint density at radius 2 is 1.82 bits per heavy atom. The molecule has 5 heteroatoms. The molecule has 0 atom stereocenters. The van der Waals surface area contributed by atoms with E-state index in [9.17, 15) is 9.59 Å². The number of benzene rings is 1. The predicted octanol–water partition coefficient (Wildman–Crippen LogP) is 2.42. The molecule has 4 nitrogen and oxygen atoms in total. The number of aromatic carboxylic acids is 2. The van der Waals surface area contributed by atoms with Crippen LogP contribution in [0.4, 0.5) is 0 Å². The number of carboxylic acids is 2. The topological polar surface area (TPSA) is 74.6 Å². The molecule has 1 aromatic carbocycles. The first-order chi connectivity index (χ1) is 7.57. The van der Waals surface area contributed by atoms with Crippen molar-refractivity contribution in [2.75, 3.05) is 0 Å². The Labute approximate surface area is 110 Å². The van der Waals surface area contributed by atoms with Crippen LogP contribution < -0.4 is 0 Å². The predicted molar refractivity (Wildman–Crippen MR) is 59.0 cm³/mol. The number of rotatable bonds is 5. The summed E-state index contributed by atoms with van der Waals surface area (Å²) < 4.78 is 0. The molecule has 0 aromatic heterocycles. The Morgan fingerprint density at radius 3 is 2.29 bits per heavy atom. The van der Waals surface area contributed by atoms with Gasteiger partial charge in [0, 0.05) is 17.1 Å². The normalized spacial score (nSPS) is 9.47. The average molecular weight is 286 g/mol. The van der Waals surface area contributed by atoms with E-state index in [2.05, 4.69) is 0 Å². The minimum absolute atomic E-state index is 0. The van der Waals surface area contributed by atoms with E-state index in [4.69, 9.17) is 10.2 Å². The van der Waals surface area contributed by atoms with Crippen molar-refractivity contribution in [3.05, 3.63) is 34.9 Å². The third kappa shape index (κ3) is 3.87. The van der Waals surface area contributed by atoms with Crippen molar-refractivity contribution >= 4 is 11.9 Å². The van der Waals surface area contributed by atoms with Crippen LogP contribution in [0.1, 0.15) is 46.0 Å². The van der Waals surface area contributed by atoms with Gasteiger partial charge in [0.05, 0.1) is 11.1 Å². The van der Waals surface area contributed by atoms with Crippen LogP contribution in [0.3, 0.4) is 0 Å². The number of hydrogen-bond donors (Lipinski definition) is 2. The summed E-state index contributed by atoms with van der Waals surface area (Å²) in [7, 11) is 0. The van der Waals surface area contributed by atoms with Gasteiger partial charge in [-0.15, -0.1) is 0 Å². The Hall–Kier alpha value is -1.32. The van der Waals surface area contributed by atoms with Gasteiger partial charge in [0.25, 0.3) is 0 Å². The quantitative estimate of drug-likeness (QED) is 0.815. The van der Waals surface area contributed by atoms with Crippen LogP contribution in [0.25, 0.3) is 0 Å². The summed E-state index contributed by atoms with van der Waals surface area (Å²) in [5.41, 5.74) is 0.374. The number of carboxylic acid groups (broad SMARTS) is 2. The Bertz CT molecular complexity index is 415. The minimum atomic E-state index is -1.20. The van der Waals surface area contributed by atoms with Crippen LogP contribution >= 0.6 is 0 Å². The van der Waals surface area contributed by atoms with E-state index in [-0.39, 0.29) is 28.2 Å². The van der Waals surface area contributed by atoms with Gasteiger partial charge in [0.15, 0.2) is 0 Å². The maximum atomic E-state index is 11.0. The van der Waals surface area contributed by atoms with Crippen LogP contribution in [-0.2, 0) is 23.5 Å². The van der Waals surface area contributed by atoms with Crippen LogP contribution in [0.15, 0.2) is 18.2 Å². The smallest absolute Gasteiger partial charge is 0.336 e. The van der Waals surface area contributed by atoms with E-state index >= 15 is 0 Å². The fraction of sp³-hybridized carbons (Fsp3) is 0.333. The second kappa shape index (κ2) is 7.09. The Morgan fingerprint density at radius 1 is 1.18 bits per heavy atom. The fourth-order valence-corrected chi connectivity index (χ4v) is 1.61. The summed E-state index contributed by atoms with van der Waals surface area (Å²) in [4.78, 5) is 21.9. The van der Waals surface area contributed by atoms with Crippen molar-refractivity contribution in [2.24, 2.45) is 0 Å². The van der Waals surface area contributed by atoms with Gasteiger partial charge in [-0.3, -0.25) is 0 Å². The van der Waals surface area contributed by atoms with Gasteiger partial charge in [-0.2, -0.15) is 0 Å². The summed E-state index contributed by atoms with van der Waals surface area (Å²) in [6.07, 6.45) is 2.39. The summed E-state index contributed by atoms with van der Waals surface area (Å²) in [5.74, 6) is -2.38. The van der Waals surface area contributed by atoms with Gasteiger partial charge in [0.1, 0.15) is 0 Å². The van der Waals surface area contributed by atoms with Gasteiger partial charge >= 0.3 is 11.9 Å². The number of aryl methyl sites for hydroxylation is 1. The largest absolute Gasteiger partial charge is 0.478 e. The van der Waals surface area contributed by atoms with Crippen molar-refractivity contribution < 1.29 is 36.9 Å². The van der Waals surface area contributed by atoms with E-state index < -0.39 is 11.9 Å². The summed E-state index contributed by atoms with van der Waals surface area (Å²) in [6.45, 7) is 2.00. The zero-order chi connectivity index (χ0) is 12.1. The molecule has 1 rings (SSSR count). The average Bonchev–Trinajstić information content (AvgIpc) is 2.25. The minimum Gasteiger partial charge on any atom is -0.478 e. The van der Waals surface area contributed by atoms with Gasteiger partial charge in [-0.05, 0) is 24.5 Å². The summed E-state index contributed by atoms with van der Waals surface area (Å²) in [5, 5.41) is 17.9. The first-order valence-electron chi connectivity index (χ1n) is 5.16. The molecule has 0 unspecified atom stereocenters. The zero-order valence-corrected chi connectivity index (χ0v) is 10.3. The van der Waals surface area contributed by atoms with E-state index in [1.165, 1.54) is 6.07 Å². The third-order valence-electron chi connectivity index (χ3n) is 2.39. The van der Waals surface area contributed by atoms with Crippen LogP contribution in [-0.4, -0.2) is 22.2 Å². The molecule has 0 saturated carbocycles. The second-order valence-electron chi connectivity index (χ2n) is 3.55. The van der Waals surface area contributed by atoms with Crippen molar-refractivity contribution in [3.8, 4) is 0 Å². The van der Waals surface area contributed by atoms with E-state index in [1.54, 1.807) is 12.1 Å². The van der Waals surface area contributed by atoms with Crippen LogP contribution in [0.5, 0.6) is 0 Å². The molecule has 0 aliphatic rings. The monoisotopic (exact) mass is 285 g/mol. The number of unbranched alkanes of at least 4 members (excludes halogenated alkanes) is 1. The first-order valence-corrected chi connectivity index (χ1v) is 5.16. The van der Waals surface area contributed by atoms with E-state index in [1.807, 2.05) is 6.92 Å². The maximum absolute atomic E-state index is 11.0. The molecule has 0 aliphatic carbocycles. The fourth-order valence-electron chi connectivity index (χ4n) is 1.61. The molecule has 0 amide bonds. The molecule has 17 heavy (non-hydrogen) atoms. The molecular formula is C12H14CuO4. The summed E-state index contributed by atoms with van der Waals surface area (Å²) in [6, 6.07) is 4.58. The van der Waals surface area contributed by atoms with Gasteiger partial charge < -0.3 is 10.2 Å². The first kappa shape index (κ1) is 15.7. The van der Waals surface area contributed by atoms with Crippen molar-refractivity contribution in [3.63, 3.8) is 0 Å². The number of hydrogen-bond acceptors (Lipinski definition) is 2. The van der Waals surface area contributed by atoms with Crippen molar-refractivity contribution in [2.45, 2.75) is 26.2 Å². The molecular weight excluding hydrogens is 272 g/mol. The van der Waals surface area contributed by atoms with Crippen molar-refractivity contribution in [1.29, 1.82) is 0 Å². The molecule has 1 aromatic rings. The van der Waals surface area contributed by atoms with Gasteiger partial charge in [-0.25, -0.2) is 9.59 Å². The molecule has 0 aliphatic heterocycles. The van der Waals surface area contributed by atoms with Crippen LogP contribution in [0, 0.1) is 0 Å². The molecule has 2 N–H and O–H groups in total. The summed E-state index contributed by atoms with van der Waals surface area (Å²) >= 11 is 0. The molecule has 0 bridgehead atoms. The zero-order valence-electron chi connectivity index (χ0n) is 9.37. The standard InChI is InChI=1S/C12H14O4.Cu/c1-2-3-5-8-6-4-7-9(11(13)14)10(8)12(15)16;/h4,6-7H,2-3,5H2,1H3,(H,13,14)(H,15,16);. The van der Waals surface area contributed by atoms with E-state index in [0.29, 0.717) is 12.0 Å². The molecule has 0 saturated heterocycles. The van der Waals surface area contributed by atoms with Gasteiger partial charge in [-0.1, -0.05) is 25.5 Å². The van der Waals surface area contributed by atoms with Crippen LogP contribution in [0.2, 0.25) is 0 Å². The molecule has 97 valence electrons. The third-order valence-corrected chi connectivity index (χ3v) is 2.39.